The largest absolute Gasteiger partial charge is 0.496 e. The van der Waals surface area contributed by atoms with Crippen LogP contribution in [0.5, 0.6) is 5.75 Å². The molecule has 0 radical (unpaired) electrons. The lowest BCUT2D eigenvalue weighted by Crippen LogP contribution is -2.10. The number of para-hydroxylation sites is 1. The third-order valence-corrected chi connectivity index (χ3v) is 2.98. The quantitative estimate of drug-likeness (QED) is 0.653. The van der Waals surface area contributed by atoms with Crippen molar-refractivity contribution in [3.05, 3.63) is 46.0 Å². The summed E-state index contributed by atoms with van der Waals surface area (Å²) in [5.74, 6) is 1.46. The van der Waals surface area contributed by atoms with Crippen LogP contribution in [0.15, 0.2) is 29.1 Å². The molecule has 7 nitrogen and oxygen atoms in total. The third-order valence-electron chi connectivity index (χ3n) is 2.98. The number of nitrogens with two attached hydrogens (primary N) is 1. The van der Waals surface area contributed by atoms with Crippen LogP contribution >= 0.6 is 0 Å². The fraction of sp³-hybridized carbons (Fsp3) is 0.154. The van der Waals surface area contributed by atoms with Crippen molar-refractivity contribution in [2.24, 2.45) is 0 Å². The van der Waals surface area contributed by atoms with E-state index in [-0.39, 0.29) is 11.5 Å². The highest BCUT2D eigenvalue weighted by Crippen LogP contribution is 2.20. The number of rotatable bonds is 3. The van der Waals surface area contributed by atoms with Crippen LogP contribution in [0.1, 0.15) is 11.4 Å². The molecule has 2 aromatic heterocycles. The van der Waals surface area contributed by atoms with Crippen LogP contribution in [0.25, 0.3) is 11.2 Å². The summed E-state index contributed by atoms with van der Waals surface area (Å²) in [4.78, 5) is 25.4. The molecule has 2 heterocycles. The van der Waals surface area contributed by atoms with E-state index in [4.69, 9.17) is 10.5 Å². The summed E-state index contributed by atoms with van der Waals surface area (Å²) >= 11 is 0. The standard InChI is InChI=1S/C13H13N5O2/c1-20-8-5-3-2-4-7(8)6-9-15-10-11(16-9)17-13(14)18-12(10)19/h2-5H,6H2,1H3,(H4,14,15,16,17,18,19). The molecule has 0 aliphatic rings. The number of imidazole rings is 1. The molecule has 7 heteroatoms. The summed E-state index contributed by atoms with van der Waals surface area (Å²) in [6.45, 7) is 0. The van der Waals surface area contributed by atoms with Gasteiger partial charge in [-0.3, -0.25) is 9.78 Å². The van der Waals surface area contributed by atoms with E-state index < -0.39 is 0 Å². The molecule has 102 valence electrons. The van der Waals surface area contributed by atoms with Crippen LogP contribution in [-0.2, 0) is 6.42 Å². The second-order valence-electron chi connectivity index (χ2n) is 4.32. The number of benzene rings is 1. The fourth-order valence-corrected chi connectivity index (χ4v) is 2.09. The second kappa shape index (κ2) is 4.69. The number of fused-ring (bicyclic) bond motifs is 1. The molecule has 1 aromatic carbocycles. The summed E-state index contributed by atoms with van der Waals surface area (Å²) < 4.78 is 5.29. The summed E-state index contributed by atoms with van der Waals surface area (Å²) in [5, 5.41) is 0. The zero-order chi connectivity index (χ0) is 14.1. The van der Waals surface area contributed by atoms with Gasteiger partial charge in [-0.25, -0.2) is 4.98 Å². The van der Waals surface area contributed by atoms with Gasteiger partial charge in [0.15, 0.2) is 11.2 Å². The highest BCUT2D eigenvalue weighted by molar-refractivity contribution is 5.70. The van der Waals surface area contributed by atoms with Crippen molar-refractivity contribution >= 4 is 17.1 Å². The van der Waals surface area contributed by atoms with Gasteiger partial charge in [0.2, 0.25) is 5.95 Å². The normalized spacial score (nSPS) is 10.8. The van der Waals surface area contributed by atoms with Crippen molar-refractivity contribution in [3.63, 3.8) is 0 Å². The van der Waals surface area contributed by atoms with Gasteiger partial charge in [0.05, 0.1) is 7.11 Å². The number of nitrogens with zero attached hydrogens (tertiary/aromatic N) is 2. The zero-order valence-corrected chi connectivity index (χ0v) is 10.8. The van der Waals surface area contributed by atoms with Crippen molar-refractivity contribution < 1.29 is 4.74 Å². The van der Waals surface area contributed by atoms with Crippen LogP contribution in [0.2, 0.25) is 0 Å². The molecule has 3 rings (SSSR count). The molecule has 4 N–H and O–H groups in total. The average Bonchev–Trinajstić information content (AvgIpc) is 2.82. The Kier molecular flexibility index (Phi) is 2.86. The summed E-state index contributed by atoms with van der Waals surface area (Å²) in [6, 6.07) is 7.64. The number of aromatic nitrogens is 4. The predicted octanol–water partition coefficient (Wildman–Crippen LogP) is 0.828. The second-order valence-corrected chi connectivity index (χ2v) is 4.32. The number of nitrogens with one attached hydrogen (secondary N) is 2. The molecule has 20 heavy (non-hydrogen) atoms. The molecule has 0 atom stereocenters. The van der Waals surface area contributed by atoms with Gasteiger partial charge in [0.25, 0.3) is 5.56 Å². The Morgan fingerprint density at radius 2 is 2.05 bits per heavy atom. The molecular weight excluding hydrogens is 258 g/mol. The molecule has 0 fully saturated rings. The molecule has 0 spiro atoms. The van der Waals surface area contributed by atoms with Gasteiger partial charge in [0.1, 0.15) is 11.6 Å². The van der Waals surface area contributed by atoms with Crippen LogP contribution in [0, 0.1) is 0 Å². The minimum Gasteiger partial charge on any atom is -0.496 e. The van der Waals surface area contributed by atoms with E-state index in [1.165, 1.54) is 0 Å². The van der Waals surface area contributed by atoms with E-state index >= 15 is 0 Å². The Labute approximate surface area is 113 Å². The minimum atomic E-state index is -0.328. The Hall–Kier alpha value is -2.83. The van der Waals surface area contributed by atoms with Crippen LogP contribution in [0.3, 0.4) is 0 Å². The van der Waals surface area contributed by atoms with Gasteiger partial charge >= 0.3 is 0 Å². The number of methoxy groups -OCH3 is 1. The molecule has 0 aliphatic carbocycles. The number of aromatic amines is 2. The van der Waals surface area contributed by atoms with Gasteiger partial charge in [-0.05, 0) is 6.07 Å². The van der Waals surface area contributed by atoms with E-state index in [1.54, 1.807) is 7.11 Å². The molecule has 0 saturated heterocycles. The maximum Gasteiger partial charge on any atom is 0.278 e. The molecule has 0 bridgehead atoms. The van der Waals surface area contributed by atoms with E-state index in [0.717, 1.165) is 11.3 Å². The van der Waals surface area contributed by atoms with Crippen LogP contribution in [0.4, 0.5) is 5.95 Å². The monoisotopic (exact) mass is 271 g/mol. The van der Waals surface area contributed by atoms with Gasteiger partial charge < -0.3 is 15.5 Å². The van der Waals surface area contributed by atoms with E-state index in [1.807, 2.05) is 24.3 Å². The molecule has 0 unspecified atom stereocenters. The smallest absolute Gasteiger partial charge is 0.278 e. The summed E-state index contributed by atoms with van der Waals surface area (Å²) in [7, 11) is 1.62. The average molecular weight is 271 g/mol. The first-order chi connectivity index (χ1) is 9.67. The van der Waals surface area contributed by atoms with Crippen LogP contribution in [-0.4, -0.2) is 27.0 Å². The first-order valence-corrected chi connectivity index (χ1v) is 6.03. The van der Waals surface area contributed by atoms with Crippen molar-refractivity contribution in [1.29, 1.82) is 0 Å². The summed E-state index contributed by atoms with van der Waals surface area (Å²) in [6.07, 6.45) is 0.514. The lowest BCUT2D eigenvalue weighted by atomic mass is 10.1. The van der Waals surface area contributed by atoms with E-state index in [2.05, 4.69) is 19.9 Å². The zero-order valence-electron chi connectivity index (χ0n) is 10.8. The Morgan fingerprint density at radius 3 is 2.85 bits per heavy atom. The molecule has 0 amide bonds. The fourth-order valence-electron chi connectivity index (χ4n) is 2.09. The Morgan fingerprint density at radius 1 is 1.25 bits per heavy atom. The van der Waals surface area contributed by atoms with Crippen LogP contribution < -0.4 is 16.0 Å². The molecule has 0 aliphatic heterocycles. The highest BCUT2D eigenvalue weighted by atomic mass is 16.5. The number of anilines is 1. The van der Waals surface area contributed by atoms with Gasteiger partial charge in [-0.15, -0.1) is 0 Å². The van der Waals surface area contributed by atoms with Crippen molar-refractivity contribution in [1.82, 2.24) is 19.9 Å². The SMILES string of the molecule is COc1ccccc1Cc1nc2nc(N)[nH]c(=O)c2[nH]1. The number of nitrogen functional groups attached to an aromatic ring is 1. The predicted molar refractivity (Wildman–Crippen MR) is 74.7 cm³/mol. The number of H-pyrrole nitrogens is 2. The molecule has 0 saturated carbocycles. The van der Waals surface area contributed by atoms with Gasteiger partial charge in [-0.2, -0.15) is 4.98 Å². The lowest BCUT2D eigenvalue weighted by molar-refractivity contribution is 0.410. The maximum absolute atomic E-state index is 11.7. The summed E-state index contributed by atoms with van der Waals surface area (Å²) in [5.41, 5.74) is 6.77. The number of hydrogen-bond acceptors (Lipinski definition) is 5. The molecule has 3 aromatic rings. The third kappa shape index (κ3) is 2.09. The topological polar surface area (TPSA) is 110 Å². The Bertz CT molecular complexity index is 821. The number of ether oxygens (including phenoxy) is 1. The first-order valence-electron chi connectivity index (χ1n) is 6.03. The first kappa shape index (κ1) is 12.2. The van der Waals surface area contributed by atoms with Gasteiger partial charge in [-0.1, -0.05) is 18.2 Å². The lowest BCUT2D eigenvalue weighted by Gasteiger charge is -2.05. The highest BCUT2D eigenvalue weighted by Gasteiger charge is 2.11. The maximum atomic E-state index is 11.7. The molecular formula is C13H13N5O2. The van der Waals surface area contributed by atoms with E-state index in [0.29, 0.717) is 23.4 Å². The Balaban J connectivity index is 2.03. The van der Waals surface area contributed by atoms with E-state index in [9.17, 15) is 4.79 Å². The minimum absolute atomic E-state index is 0.0536. The van der Waals surface area contributed by atoms with Crippen molar-refractivity contribution in [3.8, 4) is 5.75 Å². The number of hydrogen-bond donors (Lipinski definition) is 3. The van der Waals surface area contributed by atoms with Crippen molar-refractivity contribution in [2.75, 3.05) is 12.8 Å². The van der Waals surface area contributed by atoms with Crippen molar-refractivity contribution in [2.45, 2.75) is 6.42 Å². The van der Waals surface area contributed by atoms with Gasteiger partial charge in [0, 0.05) is 12.0 Å².